The lowest BCUT2D eigenvalue weighted by molar-refractivity contribution is -0.117. The Bertz CT molecular complexity index is 658. The number of ether oxygens (including phenoxy) is 1. The first-order valence-electron chi connectivity index (χ1n) is 6.14. The number of sulfonamides is 1. The van der Waals surface area contributed by atoms with Crippen LogP contribution in [0.25, 0.3) is 0 Å². The lowest BCUT2D eigenvalue weighted by Gasteiger charge is -2.13. The number of aromatic nitrogens is 2. The first kappa shape index (κ1) is 15.3. The molecule has 114 valence electrons. The molecule has 1 aliphatic rings. The molecule has 1 atom stereocenters. The van der Waals surface area contributed by atoms with Crippen LogP contribution in [0.5, 0.6) is 0 Å². The van der Waals surface area contributed by atoms with Crippen molar-refractivity contribution < 1.29 is 22.7 Å². The van der Waals surface area contributed by atoms with Crippen LogP contribution in [0.15, 0.2) is 12.4 Å². The van der Waals surface area contributed by atoms with Gasteiger partial charge in [-0.05, 0) is 6.92 Å². The minimum Gasteiger partial charge on any atom is -0.462 e. The fourth-order valence-electron chi connectivity index (χ4n) is 1.87. The van der Waals surface area contributed by atoms with Gasteiger partial charge in [0.05, 0.1) is 12.2 Å². The molecule has 2 heterocycles. The number of amides is 1. The van der Waals surface area contributed by atoms with Crippen LogP contribution < -0.4 is 10.0 Å². The molecule has 0 spiro atoms. The van der Waals surface area contributed by atoms with Crippen LogP contribution in [-0.2, 0) is 19.6 Å². The molecule has 1 unspecified atom stereocenters. The van der Waals surface area contributed by atoms with Crippen molar-refractivity contribution in [1.82, 2.24) is 9.97 Å². The Balaban J connectivity index is 2.16. The van der Waals surface area contributed by atoms with Gasteiger partial charge in [-0.3, -0.25) is 9.69 Å². The third kappa shape index (κ3) is 3.34. The number of esters is 1. The maximum Gasteiger partial charge on any atom is 0.341 e. The molecular formula is C11H14N4O5S. The number of nitrogens with zero attached hydrogens (tertiary/aromatic N) is 3. The quantitative estimate of drug-likeness (QED) is 0.708. The zero-order valence-electron chi connectivity index (χ0n) is 11.2. The van der Waals surface area contributed by atoms with Gasteiger partial charge in [-0.25, -0.2) is 28.3 Å². The summed E-state index contributed by atoms with van der Waals surface area (Å²) in [5.74, 6) is -0.976. The average molecular weight is 314 g/mol. The highest BCUT2D eigenvalue weighted by Gasteiger charge is 2.38. The Morgan fingerprint density at radius 1 is 1.48 bits per heavy atom. The second-order valence-corrected chi connectivity index (χ2v) is 6.26. The van der Waals surface area contributed by atoms with Crippen molar-refractivity contribution in [2.75, 3.05) is 18.1 Å². The van der Waals surface area contributed by atoms with E-state index >= 15 is 0 Å². The van der Waals surface area contributed by atoms with E-state index in [1.54, 1.807) is 6.92 Å². The summed E-state index contributed by atoms with van der Waals surface area (Å²) in [6.07, 6.45) is 2.23. The van der Waals surface area contributed by atoms with Gasteiger partial charge in [0, 0.05) is 25.4 Å². The van der Waals surface area contributed by atoms with E-state index in [4.69, 9.17) is 9.88 Å². The van der Waals surface area contributed by atoms with E-state index in [9.17, 15) is 18.0 Å². The Kier molecular flexibility index (Phi) is 4.19. The van der Waals surface area contributed by atoms with Gasteiger partial charge >= 0.3 is 5.97 Å². The topological polar surface area (TPSA) is 133 Å². The van der Waals surface area contributed by atoms with Crippen molar-refractivity contribution in [2.24, 2.45) is 5.14 Å². The molecule has 21 heavy (non-hydrogen) atoms. The molecule has 0 bridgehead atoms. The Hall–Kier alpha value is -2.07. The van der Waals surface area contributed by atoms with Gasteiger partial charge in [0.2, 0.25) is 21.9 Å². The van der Waals surface area contributed by atoms with Crippen LogP contribution in [-0.4, -0.2) is 48.7 Å². The first-order valence-corrected chi connectivity index (χ1v) is 7.75. The molecule has 1 amide bonds. The van der Waals surface area contributed by atoms with E-state index < -0.39 is 27.1 Å². The van der Waals surface area contributed by atoms with Crippen molar-refractivity contribution in [3.05, 3.63) is 18.0 Å². The number of hydrogen-bond donors (Lipinski definition) is 1. The zero-order valence-corrected chi connectivity index (χ0v) is 12.0. The SMILES string of the molecule is CCOC(=O)c1cnc(N2CC(S(N)(=O)=O)CC2=O)nc1. The Labute approximate surface area is 121 Å². The lowest BCUT2D eigenvalue weighted by Crippen LogP contribution is -2.32. The summed E-state index contributed by atoms with van der Waals surface area (Å²) < 4.78 is 27.3. The summed E-state index contributed by atoms with van der Waals surface area (Å²) in [6, 6.07) is 0. The highest BCUT2D eigenvalue weighted by Crippen LogP contribution is 2.20. The molecule has 0 aliphatic carbocycles. The number of carbonyl (C=O) groups is 2. The molecule has 1 aliphatic heterocycles. The predicted octanol–water partition coefficient (Wildman–Crippen LogP) is -0.953. The molecule has 2 N–H and O–H groups in total. The van der Waals surface area contributed by atoms with E-state index in [0.717, 1.165) is 4.90 Å². The second-order valence-electron chi connectivity index (χ2n) is 4.41. The van der Waals surface area contributed by atoms with E-state index in [1.165, 1.54) is 12.4 Å². The van der Waals surface area contributed by atoms with Crippen molar-refractivity contribution in [2.45, 2.75) is 18.6 Å². The summed E-state index contributed by atoms with van der Waals surface area (Å²) >= 11 is 0. The van der Waals surface area contributed by atoms with E-state index in [-0.39, 0.29) is 31.1 Å². The molecule has 1 saturated heterocycles. The van der Waals surface area contributed by atoms with E-state index in [2.05, 4.69) is 9.97 Å². The number of anilines is 1. The standard InChI is InChI=1S/C11H14N4O5S/c1-2-20-10(17)7-4-13-11(14-5-7)15-6-8(3-9(15)16)21(12,18)19/h4-5,8H,2-3,6H2,1H3,(H2,12,18,19). The summed E-state index contributed by atoms with van der Waals surface area (Å²) in [5.41, 5.74) is 0.148. The van der Waals surface area contributed by atoms with Crippen molar-refractivity contribution in [3.8, 4) is 0 Å². The summed E-state index contributed by atoms with van der Waals surface area (Å²) in [6.45, 7) is 1.79. The van der Waals surface area contributed by atoms with Crippen molar-refractivity contribution >= 4 is 27.8 Å². The number of hydrogen-bond acceptors (Lipinski definition) is 7. The Morgan fingerprint density at radius 2 is 2.10 bits per heavy atom. The molecule has 0 saturated carbocycles. The maximum absolute atomic E-state index is 11.8. The number of rotatable bonds is 4. The Morgan fingerprint density at radius 3 is 2.57 bits per heavy atom. The molecular weight excluding hydrogens is 300 g/mol. The average Bonchev–Trinajstić information content (AvgIpc) is 2.81. The van der Waals surface area contributed by atoms with Crippen molar-refractivity contribution in [1.29, 1.82) is 0 Å². The number of primary sulfonamides is 1. The van der Waals surface area contributed by atoms with Crippen LogP contribution in [0.3, 0.4) is 0 Å². The van der Waals surface area contributed by atoms with Gasteiger partial charge in [-0.2, -0.15) is 0 Å². The molecule has 1 aromatic heterocycles. The predicted molar refractivity (Wildman–Crippen MR) is 71.9 cm³/mol. The van der Waals surface area contributed by atoms with Crippen LogP contribution in [0, 0.1) is 0 Å². The van der Waals surface area contributed by atoms with Crippen LogP contribution >= 0.6 is 0 Å². The lowest BCUT2D eigenvalue weighted by atomic mass is 10.3. The fraction of sp³-hybridized carbons (Fsp3) is 0.455. The van der Waals surface area contributed by atoms with E-state index in [0.29, 0.717) is 0 Å². The third-order valence-electron chi connectivity index (χ3n) is 2.94. The van der Waals surface area contributed by atoms with Crippen LogP contribution in [0.2, 0.25) is 0 Å². The summed E-state index contributed by atoms with van der Waals surface area (Å²) in [5, 5.41) is 4.06. The second kappa shape index (κ2) is 5.74. The number of carbonyl (C=O) groups excluding carboxylic acids is 2. The summed E-state index contributed by atoms with van der Waals surface area (Å²) in [7, 11) is -3.80. The van der Waals surface area contributed by atoms with Crippen LogP contribution in [0.4, 0.5) is 5.95 Å². The molecule has 1 fully saturated rings. The minimum absolute atomic E-state index is 0.0270. The monoisotopic (exact) mass is 314 g/mol. The largest absolute Gasteiger partial charge is 0.462 e. The molecule has 2 rings (SSSR count). The third-order valence-corrected chi connectivity index (χ3v) is 4.19. The fourth-order valence-corrected chi connectivity index (χ4v) is 2.60. The minimum atomic E-state index is -3.80. The van der Waals surface area contributed by atoms with Crippen LogP contribution in [0.1, 0.15) is 23.7 Å². The zero-order chi connectivity index (χ0) is 15.6. The van der Waals surface area contributed by atoms with E-state index in [1.807, 2.05) is 0 Å². The molecule has 0 aromatic carbocycles. The molecule has 10 heteroatoms. The van der Waals surface area contributed by atoms with Gasteiger partial charge in [0.15, 0.2) is 0 Å². The normalized spacial score (nSPS) is 18.9. The van der Waals surface area contributed by atoms with Gasteiger partial charge in [0.1, 0.15) is 5.25 Å². The van der Waals surface area contributed by atoms with Gasteiger partial charge < -0.3 is 4.74 Å². The summed E-state index contributed by atoms with van der Waals surface area (Å²) in [4.78, 5) is 32.1. The number of nitrogens with two attached hydrogens (primary N) is 1. The highest BCUT2D eigenvalue weighted by atomic mass is 32.2. The highest BCUT2D eigenvalue weighted by molar-refractivity contribution is 7.89. The van der Waals surface area contributed by atoms with Gasteiger partial charge in [-0.15, -0.1) is 0 Å². The molecule has 1 aromatic rings. The molecule has 9 nitrogen and oxygen atoms in total. The van der Waals surface area contributed by atoms with Crippen molar-refractivity contribution in [3.63, 3.8) is 0 Å². The van der Waals surface area contributed by atoms with Gasteiger partial charge in [-0.1, -0.05) is 0 Å². The molecule has 0 radical (unpaired) electrons. The van der Waals surface area contributed by atoms with Gasteiger partial charge in [0.25, 0.3) is 0 Å². The first-order chi connectivity index (χ1) is 9.82. The smallest absolute Gasteiger partial charge is 0.341 e. The maximum atomic E-state index is 11.8.